The summed E-state index contributed by atoms with van der Waals surface area (Å²) < 4.78 is 10.7. The molecule has 2 aliphatic heterocycles. The van der Waals surface area contributed by atoms with Gasteiger partial charge in [0.2, 0.25) is 5.91 Å². The smallest absolute Gasteiger partial charge is 0.220 e. The lowest BCUT2D eigenvalue weighted by Crippen LogP contribution is -2.61. The lowest BCUT2D eigenvalue weighted by Gasteiger charge is -2.44. The minimum Gasteiger partial charge on any atom is -0.377 e. The molecule has 0 radical (unpaired) electrons. The summed E-state index contributed by atoms with van der Waals surface area (Å²) in [6, 6.07) is 0.296. The number of nitrogens with zero attached hydrogens (tertiary/aromatic N) is 1. The summed E-state index contributed by atoms with van der Waals surface area (Å²) in [4.78, 5) is 13.1. The number of hydrogen-bond donors (Lipinski definition) is 0. The molecule has 4 heteroatoms. The molecule has 4 nitrogen and oxygen atoms in total. The third-order valence-electron chi connectivity index (χ3n) is 2.39. The molecule has 0 aromatic rings. The summed E-state index contributed by atoms with van der Waals surface area (Å²) in [5, 5.41) is 0. The summed E-state index contributed by atoms with van der Waals surface area (Å²) in [6.07, 6.45) is 0. The number of ether oxygens (including phenoxy) is 2. The molecule has 2 fully saturated rings. The van der Waals surface area contributed by atoms with Crippen molar-refractivity contribution < 1.29 is 14.3 Å². The van der Waals surface area contributed by atoms with E-state index in [2.05, 4.69) is 0 Å². The molecule has 68 valence electrons. The average Bonchev–Trinajstić information content (AvgIpc) is 2.02. The highest BCUT2D eigenvalue weighted by Gasteiger charge is 2.36. The van der Waals surface area contributed by atoms with E-state index >= 15 is 0 Å². The van der Waals surface area contributed by atoms with Gasteiger partial charge in [0, 0.05) is 6.92 Å². The lowest BCUT2D eigenvalue weighted by atomic mass is 10.1. The highest BCUT2D eigenvalue weighted by atomic mass is 16.5. The molecule has 0 unspecified atom stereocenters. The van der Waals surface area contributed by atoms with Crippen LogP contribution < -0.4 is 0 Å². The molecule has 0 atom stereocenters. The van der Waals surface area contributed by atoms with Crippen LogP contribution in [0.1, 0.15) is 6.92 Å². The second-order valence-electron chi connectivity index (χ2n) is 3.31. The fourth-order valence-corrected chi connectivity index (χ4v) is 1.91. The molecule has 0 aromatic heterocycles. The van der Waals surface area contributed by atoms with Crippen molar-refractivity contribution in [2.24, 2.45) is 0 Å². The molecule has 2 bridgehead atoms. The van der Waals surface area contributed by atoms with Crippen molar-refractivity contribution in [1.82, 2.24) is 4.90 Å². The first-order chi connectivity index (χ1) is 5.79. The number of amides is 1. The molecular formula is C8H13NO3. The van der Waals surface area contributed by atoms with E-state index in [1.54, 1.807) is 6.92 Å². The largest absolute Gasteiger partial charge is 0.377 e. The van der Waals surface area contributed by atoms with Gasteiger partial charge in [0.1, 0.15) is 0 Å². The van der Waals surface area contributed by atoms with E-state index in [9.17, 15) is 4.79 Å². The van der Waals surface area contributed by atoms with Crippen molar-refractivity contribution in [2.75, 3.05) is 26.4 Å². The van der Waals surface area contributed by atoms with Crippen LogP contribution in [0.4, 0.5) is 0 Å². The molecule has 0 saturated carbocycles. The summed E-state index contributed by atoms with van der Waals surface area (Å²) in [7, 11) is 0. The van der Waals surface area contributed by atoms with E-state index < -0.39 is 0 Å². The van der Waals surface area contributed by atoms with Crippen molar-refractivity contribution in [2.45, 2.75) is 19.0 Å². The maximum absolute atomic E-state index is 11.2. The molecule has 0 aromatic carbocycles. The molecular weight excluding hydrogens is 158 g/mol. The monoisotopic (exact) mass is 171 g/mol. The highest BCUT2D eigenvalue weighted by Crippen LogP contribution is 2.18. The second kappa shape index (κ2) is 3.03. The van der Waals surface area contributed by atoms with Crippen LogP contribution in [0.3, 0.4) is 0 Å². The Morgan fingerprint density at radius 1 is 1.17 bits per heavy atom. The molecule has 0 spiro atoms. The van der Waals surface area contributed by atoms with Crippen LogP contribution >= 0.6 is 0 Å². The van der Waals surface area contributed by atoms with Crippen molar-refractivity contribution in [3.05, 3.63) is 0 Å². The van der Waals surface area contributed by atoms with E-state index in [-0.39, 0.29) is 18.0 Å². The standard InChI is InChI=1S/C8H13NO3/c1-6(10)9-7-2-11-4-8(9)5-12-3-7/h7-8H,2-5H2,1H3/t7-,8+. The minimum absolute atomic E-state index is 0.136. The summed E-state index contributed by atoms with van der Waals surface area (Å²) in [6.45, 7) is 4.09. The Balaban J connectivity index is 2.13. The van der Waals surface area contributed by atoms with Gasteiger partial charge in [-0.15, -0.1) is 0 Å². The second-order valence-corrected chi connectivity index (χ2v) is 3.31. The Bertz CT molecular complexity index is 173. The van der Waals surface area contributed by atoms with E-state index in [0.717, 1.165) is 0 Å². The van der Waals surface area contributed by atoms with E-state index in [0.29, 0.717) is 26.4 Å². The zero-order valence-electron chi connectivity index (χ0n) is 7.16. The molecule has 0 aliphatic carbocycles. The predicted octanol–water partition coefficient (Wildman–Crippen LogP) is -0.368. The molecule has 2 aliphatic rings. The van der Waals surface area contributed by atoms with Gasteiger partial charge >= 0.3 is 0 Å². The topological polar surface area (TPSA) is 38.8 Å². The van der Waals surface area contributed by atoms with Gasteiger partial charge in [-0.05, 0) is 0 Å². The molecule has 1 amide bonds. The Hall–Kier alpha value is -0.610. The van der Waals surface area contributed by atoms with Gasteiger partial charge < -0.3 is 14.4 Å². The first-order valence-electron chi connectivity index (χ1n) is 4.23. The summed E-state index contributed by atoms with van der Waals surface area (Å²) >= 11 is 0. The zero-order chi connectivity index (χ0) is 8.55. The van der Waals surface area contributed by atoms with Crippen LogP contribution in [-0.4, -0.2) is 49.3 Å². The van der Waals surface area contributed by atoms with Gasteiger partial charge in [0.25, 0.3) is 0 Å². The molecule has 2 rings (SSSR count). The summed E-state index contributed by atoms with van der Waals surface area (Å²) in [5.74, 6) is 0.136. The number of morpholine rings is 2. The van der Waals surface area contributed by atoms with Crippen LogP contribution in [0.5, 0.6) is 0 Å². The average molecular weight is 171 g/mol. The molecule has 2 heterocycles. The van der Waals surface area contributed by atoms with E-state index in [4.69, 9.17) is 9.47 Å². The number of carbonyl (C=O) groups excluding carboxylic acids is 1. The van der Waals surface area contributed by atoms with Crippen LogP contribution in [0.25, 0.3) is 0 Å². The van der Waals surface area contributed by atoms with Crippen molar-refractivity contribution in [3.8, 4) is 0 Å². The Morgan fingerprint density at radius 2 is 1.58 bits per heavy atom. The van der Waals surface area contributed by atoms with Crippen molar-refractivity contribution in [3.63, 3.8) is 0 Å². The fraction of sp³-hybridized carbons (Fsp3) is 0.875. The zero-order valence-corrected chi connectivity index (χ0v) is 7.16. The third-order valence-corrected chi connectivity index (χ3v) is 2.39. The number of fused-ring (bicyclic) bond motifs is 2. The molecule has 12 heavy (non-hydrogen) atoms. The first kappa shape index (κ1) is 8.01. The van der Waals surface area contributed by atoms with Crippen molar-refractivity contribution in [1.29, 1.82) is 0 Å². The van der Waals surface area contributed by atoms with Gasteiger partial charge in [-0.25, -0.2) is 0 Å². The number of hydrogen-bond acceptors (Lipinski definition) is 3. The summed E-state index contributed by atoms with van der Waals surface area (Å²) in [5.41, 5.74) is 0. The Labute approximate surface area is 71.4 Å². The normalized spacial score (nSPS) is 34.9. The number of rotatable bonds is 0. The fourth-order valence-electron chi connectivity index (χ4n) is 1.91. The van der Waals surface area contributed by atoms with Crippen LogP contribution in [0.15, 0.2) is 0 Å². The lowest BCUT2D eigenvalue weighted by molar-refractivity contribution is -0.166. The van der Waals surface area contributed by atoms with E-state index in [1.165, 1.54) is 0 Å². The molecule has 2 saturated heterocycles. The Kier molecular flexibility index (Phi) is 2.02. The minimum atomic E-state index is 0.136. The Morgan fingerprint density at radius 3 is 1.83 bits per heavy atom. The third kappa shape index (κ3) is 1.21. The van der Waals surface area contributed by atoms with Gasteiger partial charge in [-0.1, -0.05) is 0 Å². The van der Waals surface area contributed by atoms with Crippen LogP contribution in [-0.2, 0) is 14.3 Å². The maximum Gasteiger partial charge on any atom is 0.220 e. The van der Waals surface area contributed by atoms with Gasteiger partial charge in [0.15, 0.2) is 0 Å². The highest BCUT2D eigenvalue weighted by molar-refractivity contribution is 5.74. The van der Waals surface area contributed by atoms with Gasteiger partial charge in [0.05, 0.1) is 38.5 Å². The van der Waals surface area contributed by atoms with E-state index in [1.807, 2.05) is 4.90 Å². The molecule has 0 N–H and O–H groups in total. The maximum atomic E-state index is 11.2. The quantitative estimate of drug-likeness (QED) is 0.499. The van der Waals surface area contributed by atoms with Crippen LogP contribution in [0, 0.1) is 0 Å². The first-order valence-corrected chi connectivity index (χ1v) is 4.23. The predicted molar refractivity (Wildman–Crippen MR) is 41.7 cm³/mol. The van der Waals surface area contributed by atoms with Crippen LogP contribution in [0.2, 0.25) is 0 Å². The van der Waals surface area contributed by atoms with Gasteiger partial charge in [-0.3, -0.25) is 4.79 Å². The number of carbonyl (C=O) groups is 1. The van der Waals surface area contributed by atoms with Crippen molar-refractivity contribution >= 4 is 5.91 Å². The van der Waals surface area contributed by atoms with Gasteiger partial charge in [-0.2, -0.15) is 0 Å². The SMILES string of the molecule is CC(=O)N1[C@H]2COC[C@@H]1COC2.